The zero-order valence-corrected chi connectivity index (χ0v) is 14.0. The third-order valence-electron chi connectivity index (χ3n) is 5.55. The first kappa shape index (κ1) is 16.3. The summed E-state index contributed by atoms with van der Waals surface area (Å²) in [5, 5.41) is 3.06. The van der Waals surface area contributed by atoms with Crippen molar-refractivity contribution in [3.8, 4) is 0 Å². The highest BCUT2D eigenvalue weighted by molar-refractivity contribution is 5.93. The molecule has 4 heteroatoms. The second-order valence-electron chi connectivity index (χ2n) is 7.81. The van der Waals surface area contributed by atoms with E-state index in [1.165, 1.54) is 6.42 Å². The number of hydrogen-bond donors (Lipinski definition) is 1. The minimum atomic E-state index is -0.612. The van der Waals surface area contributed by atoms with Crippen LogP contribution in [0, 0.1) is 11.3 Å². The van der Waals surface area contributed by atoms with E-state index < -0.39 is 5.54 Å². The minimum absolute atomic E-state index is 0.0371. The van der Waals surface area contributed by atoms with Gasteiger partial charge >= 0.3 is 0 Å². The van der Waals surface area contributed by atoms with Gasteiger partial charge in [0, 0.05) is 19.5 Å². The molecule has 1 saturated carbocycles. The molecule has 2 aliphatic rings. The maximum absolute atomic E-state index is 13.1. The van der Waals surface area contributed by atoms with E-state index >= 15 is 0 Å². The van der Waals surface area contributed by atoms with Gasteiger partial charge in [0.25, 0.3) is 0 Å². The van der Waals surface area contributed by atoms with E-state index in [0.717, 1.165) is 32.2 Å². The van der Waals surface area contributed by atoms with Crippen molar-refractivity contribution in [2.75, 3.05) is 13.1 Å². The lowest BCUT2D eigenvalue weighted by atomic mass is 9.78. The van der Waals surface area contributed by atoms with Crippen LogP contribution in [0.3, 0.4) is 0 Å². The molecule has 0 aromatic rings. The van der Waals surface area contributed by atoms with Gasteiger partial charge in [-0.1, -0.05) is 47.0 Å². The topological polar surface area (TPSA) is 49.4 Å². The first-order chi connectivity index (χ1) is 9.77. The van der Waals surface area contributed by atoms with Crippen molar-refractivity contribution in [1.82, 2.24) is 10.2 Å². The zero-order valence-electron chi connectivity index (χ0n) is 14.0. The zero-order chi connectivity index (χ0) is 15.7. The van der Waals surface area contributed by atoms with Crippen LogP contribution in [0.5, 0.6) is 0 Å². The molecule has 2 amide bonds. The molecule has 0 bridgehead atoms. The van der Waals surface area contributed by atoms with Gasteiger partial charge in [0.05, 0.1) is 0 Å². The smallest absolute Gasteiger partial charge is 0.248 e. The Morgan fingerprint density at radius 3 is 2.38 bits per heavy atom. The average molecular weight is 294 g/mol. The fourth-order valence-corrected chi connectivity index (χ4v) is 3.34. The van der Waals surface area contributed by atoms with Crippen molar-refractivity contribution in [3.63, 3.8) is 0 Å². The van der Waals surface area contributed by atoms with Gasteiger partial charge in [-0.25, -0.2) is 0 Å². The van der Waals surface area contributed by atoms with Crippen molar-refractivity contribution < 1.29 is 9.59 Å². The maximum Gasteiger partial charge on any atom is 0.248 e. The Hall–Kier alpha value is -1.06. The molecule has 1 heterocycles. The van der Waals surface area contributed by atoms with Crippen LogP contribution in [0.4, 0.5) is 0 Å². The fourth-order valence-electron chi connectivity index (χ4n) is 3.34. The molecule has 0 aromatic heterocycles. The van der Waals surface area contributed by atoms with Crippen molar-refractivity contribution in [2.45, 2.75) is 71.8 Å². The van der Waals surface area contributed by atoms with E-state index in [-0.39, 0.29) is 17.2 Å². The monoisotopic (exact) mass is 294 g/mol. The molecule has 2 fully saturated rings. The molecule has 21 heavy (non-hydrogen) atoms. The van der Waals surface area contributed by atoms with Crippen LogP contribution in [0.2, 0.25) is 0 Å². The normalized spacial score (nSPS) is 23.4. The van der Waals surface area contributed by atoms with Crippen molar-refractivity contribution >= 4 is 11.8 Å². The summed E-state index contributed by atoms with van der Waals surface area (Å²) >= 11 is 0. The van der Waals surface area contributed by atoms with Crippen molar-refractivity contribution in [3.05, 3.63) is 0 Å². The summed E-state index contributed by atoms with van der Waals surface area (Å²) in [6, 6.07) is 0. The number of carbonyl (C=O) groups excluding carboxylic acids is 2. The summed E-state index contributed by atoms with van der Waals surface area (Å²) in [4.78, 5) is 27.1. The van der Waals surface area contributed by atoms with Crippen LogP contribution in [-0.2, 0) is 9.59 Å². The molecule has 2 rings (SSSR count). The van der Waals surface area contributed by atoms with E-state index in [1.807, 2.05) is 4.90 Å². The highest BCUT2D eigenvalue weighted by Crippen LogP contribution is 2.34. The molecule has 0 unspecified atom stereocenters. The van der Waals surface area contributed by atoms with Gasteiger partial charge in [-0.05, 0) is 24.2 Å². The predicted octanol–water partition coefficient (Wildman–Crippen LogP) is 2.72. The highest BCUT2D eigenvalue weighted by atomic mass is 16.2. The van der Waals surface area contributed by atoms with Crippen molar-refractivity contribution in [1.29, 1.82) is 0 Å². The summed E-state index contributed by atoms with van der Waals surface area (Å²) in [6.07, 6.45) is 5.28. The molecular formula is C17H30N2O2. The third-order valence-corrected chi connectivity index (χ3v) is 5.55. The molecule has 1 spiro atoms. The number of nitrogens with one attached hydrogen (secondary N) is 1. The molecule has 1 aliphatic carbocycles. The van der Waals surface area contributed by atoms with Gasteiger partial charge in [-0.2, -0.15) is 0 Å². The Bertz CT molecular complexity index is 409. The van der Waals surface area contributed by atoms with E-state index in [0.29, 0.717) is 18.9 Å². The molecule has 1 aliphatic heterocycles. The summed E-state index contributed by atoms with van der Waals surface area (Å²) < 4.78 is 0. The molecule has 0 aromatic carbocycles. The molecule has 0 radical (unpaired) electrons. The average Bonchev–Trinajstić information content (AvgIpc) is 2.52. The van der Waals surface area contributed by atoms with Crippen molar-refractivity contribution in [2.24, 2.45) is 11.3 Å². The lowest BCUT2D eigenvalue weighted by Gasteiger charge is -2.41. The number of amides is 2. The lowest BCUT2D eigenvalue weighted by molar-refractivity contribution is -0.141. The van der Waals surface area contributed by atoms with E-state index in [1.54, 1.807) is 0 Å². The summed E-state index contributed by atoms with van der Waals surface area (Å²) in [6.45, 7) is 10.1. The van der Waals surface area contributed by atoms with Gasteiger partial charge in [0.2, 0.25) is 11.8 Å². The third kappa shape index (κ3) is 3.41. The molecular weight excluding hydrogens is 264 g/mol. The first-order valence-corrected chi connectivity index (χ1v) is 8.37. The largest absolute Gasteiger partial charge is 0.342 e. The summed E-state index contributed by atoms with van der Waals surface area (Å²) in [7, 11) is 0. The van der Waals surface area contributed by atoms with Crippen LogP contribution < -0.4 is 5.32 Å². The van der Waals surface area contributed by atoms with Crippen LogP contribution in [0.25, 0.3) is 0 Å². The molecule has 1 N–H and O–H groups in total. The maximum atomic E-state index is 13.1. The van der Waals surface area contributed by atoms with E-state index in [4.69, 9.17) is 0 Å². The van der Waals surface area contributed by atoms with Crippen LogP contribution >= 0.6 is 0 Å². The Morgan fingerprint density at radius 1 is 1.19 bits per heavy atom. The van der Waals surface area contributed by atoms with Crippen LogP contribution in [0.15, 0.2) is 0 Å². The van der Waals surface area contributed by atoms with Gasteiger partial charge in [0.15, 0.2) is 0 Å². The van der Waals surface area contributed by atoms with Gasteiger partial charge < -0.3 is 10.2 Å². The Kier molecular flexibility index (Phi) is 4.64. The van der Waals surface area contributed by atoms with Gasteiger partial charge in [-0.15, -0.1) is 0 Å². The van der Waals surface area contributed by atoms with Crippen LogP contribution in [0.1, 0.15) is 66.2 Å². The quantitative estimate of drug-likeness (QED) is 0.870. The Morgan fingerprint density at radius 2 is 1.81 bits per heavy atom. The SMILES string of the molecule is CC(C)C(C)(C)CN1CCC(=O)NC2(CCCCC2)C1=O. The molecule has 0 atom stereocenters. The van der Waals surface area contributed by atoms with Crippen LogP contribution in [-0.4, -0.2) is 35.3 Å². The second-order valence-corrected chi connectivity index (χ2v) is 7.81. The minimum Gasteiger partial charge on any atom is -0.342 e. The standard InChI is InChI=1S/C17H30N2O2/c1-13(2)16(3,4)12-19-11-8-14(20)18-17(15(19)21)9-6-5-7-10-17/h13H,5-12H2,1-4H3,(H,18,20). The molecule has 1 saturated heterocycles. The van der Waals surface area contributed by atoms with Gasteiger partial charge in [0.1, 0.15) is 5.54 Å². The number of nitrogens with zero attached hydrogens (tertiary/aromatic N) is 1. The van der Waals surface area contributed by atoms with E-state index in [2.05, 4.69) is 33.0 Å². The number of carbonyl (C=O) groups is 2. The fraction of sp³-hybridized carbons (Fsp3) is 0.882. The summed E-state index contributed by atoms with van der Waals surface area (Å²) in [5.74, 6) is 0.691. The van der Waals surface area contributed by atoms with Gasteiger partial charge in [-0.3, -0.25) is 9.59 Å². The Labute approximate surface area is 128 Å². The number of hydrogen-bond acceptors (Lipinski definition) is 2. The molecule has 120 valence electrons. The second kappa shape index (κ2) is 5.98. The first-order valence-electron chi connectivity index (χ1n) is 8.37. The lowest BCUT2D eigenvalue weighted by Crippen LogP contribution is -2.59. The predicted molar refractivity (Wildman–Crippen MR) is 83.8 cm³/mol. The highest BCUT2D eigenvalue weighted by Gasteiger charge is 2.46. The number of rotatable bonds is 3. The molecule has 4 nitrogen and oxygen atoms in total. The summed E-state index contributed by atoms with van der Waals surface area (Å²) in [5.41, 5.74) is -0.544. The Balaban J connectivity index is 2.21. The van der Waals surface area contributed by atoms with E-state index in [9.17, 15) is 9.59 Å².